The third-order valence-corrected chi connectivity index (χ3v) is 8.62. The third-order valence-electron chi connectivity index (χ3n) is 7.06. The molecule has 1 aromatic rings. The fourth-order valence-electron chi connectivity index (χ4n) is 6.17. The highest BCUT2D eigenvalue weighted by molar-refractivity contribution is 7.89. The van der Waals surface area contributed by atoms with Gasteiger partial charge in [-0.05, 0) is 68.6 Å². The topological polar surface area (TPSA) is 64.6 Å². The molecule has 7 heteroatoms. The van der Waals surface area contributed by atoms with Crippen molar-refractivity contribution in [3.8, 4) is 11.5 Å². The maximum Gasteiger partial charge on any atom is 0.243 e. The normalized spacial score (nSPS) is 33.1. The van der Waals surface area contributed by atoms with E-state index in [9.17, 15) is 12.8 Å². The molecule has 0 radical (unpaired) electrons. The maximum absolute atomic E-state index is 14.5. The lowest BCUT2D eigenvalue weighted by Crippen LogP contribution is -2.55. The predicted octanol–water partition coefficient (Wildman–Crippen LogP) is 3.73. The molecule has 1 N–H and O–H groups in total. The first-order valence-electron chi connectivity index (χ1n) is 9.70. The van der Waals surface area contributed by atoms with Crippen molar-refractivity contribution in [2.24, 2.45) is 23.2 Å². The SMILES string of the molecule is COc1cc(F)c(S(=O)(=O)NC(C)C23CC4CC(CC(C4)C2)C3)cc1OC. The van der Waals surface area contributed by atoms with Crippen molar-refractivity contribution in [2.45, 2.75) is 56.4 Å². The molecule has 5 nitrogen and oxygen atoms in total. The van der Waals surface area contributed by atoms with Crippen molar-refractivity contribution in [3.05, 3.63) is 17.9 Å². The van der Waals surface area contributed by atoms with Crippen LogP contribution in [0.4, 0.5) is 4.39 Å². The van der Waals surface area contributed by atoms with Gasteiger partial charge in [-0.1, -0.05) is 0 Å². The quantitative estimate of drug-likeness (QED) is 0.794. The minimum Gasteiger partial charge on any atom is -0.493 e. The lowest BCUT2D eigenvalue weighted by atomic mass is 9.48. The monoisotopic (exact) mass is 397 g/mol. The fourth-order valence-corrected chi connectivity index (χ4v) is 7.59. The average Bonchev–Trinajstić information content (AvgIpc) is 2.59. The highest BCUT2D eigenvalue weighted by atomic mass is 32.2. The Morgan fingerprint density at radius 2 is 1.52 bits per heavy atom. The fraction of sp³-hybridized carbons (Fsp3) is 0.700. The average molecular weight is 398 g/mol. The zero-order valence-electron chi connectivity index (χ0n) is 16.1. The second-order valence-electron chi connectivity index (χ2n) is 8.76. The molecule has 5 rings (SSSR count). The molecule has 0 amide bonds. The van der Waals surface area contributed by atoms with Gasteiger partial charge >= 0.3 is 0 Å². The lowest BCUT2D eigenvalue weighted by Gasteiger charge is -2.59. The molecule has 0 spiro atoms. The molecule has 1 unspecified atom stereocenters. The van der Waals surface area contributed by atoms with Crippen LogP contribution >= 0.6 is 0 Å². The van der Waals surface area contributed by atoms with Gasteiger partial charge in [0.2, 0.25) is 10.0 Å². The highest BCUT2D eigenvalue weighted by Crippen LogP contribution is 2.61. The Labute approximate surface area is 160 Å². The summed E-state index contributed by atoms with van der Waals surface area (Å²) >= 11 is 0. The Morgan fingerprint density at radius 1 is 1.04 bits per heavy atom. The van der Waals surface area contributed by atoms with E-state index in [0.717, 1.165) is 43.1 Å². The van der Waals surface area contributed by atoms with E-state index in [1.807, 2.05) is 6.92 Å². The molecule has 150 valence electrons. The smallest absolute Gasteiger partial charge is 0.243 e. The molecule has 0 saturated heterocycles. The van der Waals surface area contributed by atoms with Crippen LogP contribution in [-0.4, -0.2) is 28.7 Å². The van der Waals surface area contributed by atoms with Gasteiger partial charge in [0.05, 0.1) is 14.2 Å². The summed E-state index contributed by atoms with van der Waals surface area (Å²) in [4.78, 5) is -0.392. The molecule has 4 saturated carbocycles. The molecule has 1 aromatic carbocycles. The number of benzene rings is 1. The summed E-state index contributed by atoms with van der Waals surface area (Å²) in [5.74, 6) is 1.70. The molecule has 4 fully saturated rings. The second-order valence-corrected chi connectivity index (χ2v) is 10.4. The van der Waals surface area contributed by atoms with Crippen LogP contribution in [0.25, 0.3) is 0 Å². The summed E-state index contributed by atoms with van der Waals surface area (Å²) in [6.07, 6.45) is 7.13. The number of methoxy groups -OCH3 is 2. The molecule has 0 aliphatic heterocycles. The number of rotatable bonds is 6. The summed E-state index contributed by atoms with van der Waals surface area (Å²) in [5.41, 5.74) is 0.00878. The molecule has 0 heterocycles. The Bertz CT molecular complexity index is 803. The van der Waals surface area contributed by atoms with Crippen LogP contribution in [-0.2, 0) is 10.0 Å². The summed E-state index contributed by atoms with van der Waals surface area (Å²) in [7, 11) is -1.21. The predicted molar refractivity (Wildman–Crippen MR) is 99.9 cm³/mol. The first kappa shape index (κ1) is 19.0. The van der Waals surface area contributed by atoms with Gasteiger partial charge in [0, 0.05) is 18.2 Å². The van der Waals surface area contributed by atoms with Gasteiger partial charge in [0.1, 0.15) is 10.7 Å². The summed E-state index contributed by atoms with van der Waals surface area (Å²) < 4.78 is 53.5. The van der Waals surface area contributed by atoms with Crippen LogP contribution in [0.1, 0.15) is 45.4 Å². The van der Waals surface area contributed by atoms with Crippen molar-refractivity contribution in [3.63, 3.8) is 0 Å². The number of nitrogens with one attached hydrogen (secondary N) is 1. The largest absolute Gasteiger partial charge is 0.493 e. The molecule has 1 atom stereocenters. The highest BCUT2D eigenvalue weighted by Gasteiger charge is 2.53. The molecular weight excluding hydrogens is 369 g/mol. The second kappa shape index (κ2) is 6.62. The zero-order chi connectivity index (χ0) is 19.4. The summed E-state index contributed by atoms with van der Waals surface area (Å²) in [6.45, 7) is 1.95. The minimum absolute atomic E-state index is 0.00878. The standard InChI is InChI=1S/C20H28FNO4S/c1-12(20-9-13-4-14(10-20)6-15(5-13)11-20)22-27(23,24)19-8-18(26-3)17(25-2)7-16(19)21/h7-8,12-15,22H,4-6,9-11H2,1-3H3. The van der Waals surface area contributed by atoms with E-state index in [1.54, 1.807) is 0 Å². The van der Waals surface area contributed by atoms with Crippen LogP contribution in [0.5, 0.6) is 11.5 Å². The molecule has 0 aromatic heterocycles. The third kappa shape index (κ3) is 3.23. The van der Waals surface area contributed by atoms with E-state index in [1.165, 1.54) is 39.5 Å². The molecular formula is C20H28FNO4S. The van der Waals surface area contributed by atoms with Crippen LogP contribution in [0.15, 0.2) is 17.0 Å². The Hall–Kier alpha value is -1.34. The van der Waals surface area contributed by atoms with Crippen molar-refractivity contribution in [1.29, 1.82) is 0 Å². The van der Waals surface area contributed by atoms with Crippen LogP contribution < -0.4 is 14.2 Å². The van der Waals surface area contributed by atoms with E-state index < -0.39 is 20.7 Å². The van der Waals surface area contributed by atoms with Gasteiger partial charge < -0.3 is 9.47 Å². The van der Waals surface area contributed by atoms with E-state index in [2.05, 4.69) is 4.72 Å². The van der Waals surface area contributed by atoms with Gasteiger partial charge in [0.15, 0.2) is 11.5 Å². The zero-order valence-corrected chi connectivity index (χ0v) is 16.9. The first-order valence-corrected chi connectivity index (χ1v) is 11.2. The Morgan fingerprint density at radius 3 is 2.00 bits per heavy atom. The van der Waals surface area contributed by atoms with Gasteiger partial charge in [-0.25, -0.2) is 17.5 Å². The van der Waals surface area contributed by atoms with Crippen molar-refractivity contribution in [2.75, 3.05) is 14.2 Å². The molecule has 4 bridgehead atoms. The lowest BCUT2D eigenvalue weighted by molar-refractivity contribution is -0.0666. The minimum atomic E-state index is -4.00. The molecule has 27 heavy (non-hydrogen) atoms. The molecule has 4 aliphatic carbocycles. The van der Waals surface area contributed by atoms with Crippen LogP contribution in [0.2, 0.25) is 0 Å². The first-order chi connectivity index (χ1) is 12.8. The Kier molecular flexibility index (Phi) is 4.66. The van der Waals surface area contributed by atoms with Gasteiger partial charge in [-0.15, -0.1) is 0 Å². The van der Waals surface area contributed by atoms with Gasteiger partial charge in [0.25, 0.3) is 0 Å². The molecule has 4 aliphatic rings. The van der Waals surface area contributed by atoms with Crippen LogP contribution in [0.3, 0.4) is 0 Å². The number of sulfonamides is 1. The van der Waals surface area contributed by atoms with E-state index >= 15 is 0 Å². The van der Waals surface area contributed by atoms with Crippen molar-refractivity contribution in [1.82, 2.24) is 4.72 Å². The number of ether oxygens (including phenoxy) is 2. The number of halogens is 1. The Balaban J connectivity index is 1.60. The summed E-state index contributed by atoms with van der Waals surface area (Å²) in [5, 5.41) is 0. The van der Waals surface area contributed by atoms with Crippen LogP contribution in [0, 0.1) is 29.0 Å². The number of hydrogen-bond donors (Lipinski definition) is 1. The van der Waals surface area contributed by atoms with E-state index in [-0.39, 0.29) is 23.0 Å². The van der Waals surface area contributed by atoms with E-state index in [4.69, 9.17) is 9.47 Å². The number of hydrogen-bond acceptors (Lipinski definition) is 4. The van der Waals surface area contributed by atoms with Gasteiger partial charge in [-0.3, -0.25) is 0 Å². The maximum atomic E-state index is 14.5. The van der Waals surface area contributed by atoms with Crippen molar-refractivity contribution >= 4 is 10.0 Å². The van der Waals surface area contributed by atoms with E-state index in [0.29, 0.717) is 0 Å². The van der Waals surface area contributed by atoms with Crippen molar-refractivity contribution < 1.29 is 22.3 Å². The summed E-state index contributed by atoms with van der Waals surface area (Å²) in [6, 6.07) is 2.04. The van der Waals surface area contributed by atoms with Gasteiger partial charge in [-0.2, -0.15) is 0 Å².